The fraction of sp³-hybridized carbons (Fsp3) is 0.800. The van der Waals surface area contributed by atoms with Crippen molar-refractivity contribution < 1.29 is 0 Å². The summed E-state index contributed by atoms with van der Waals surface area (Å²) in [5.74, 6) is 2.86. The van der Waals surface area contributed by atoms with Crippen molar-refractivity contribution in [1.82, 2.24) is 25.4 Å². The van der Waals surface area contributed by atoms with E-state index >= 15 is 0 Å². The van der Waals surface area contributed by atoms with Crippen LogP contribution in [-0.4, -0.2) is 34.4 Å². The van der Waals surface area contributed by atoms with Crippen LogP contribution in [-0.2, 0) is 13.1 Å². The molecule has 2 aliphatic heterocycles. The van der Waals surface area contributed by atoms with Crippen molar-refractivity contribution in [3.05, 3.63) is 11.6 Å². The third-order valence-electron chi connectivity index (χ3n) is 3.31. The van der Waals surface area contributed by atoms with Crippen LogP contribution in [0.25, 0.3) is 0 Å². The summed E-state index contributed by atoms with van der Waals surface area (Å²) in [6.45, 7) is 5.14. The summed E-state index contributed by atoms with van der Waals surface area (Å²) in [6, 6.07) is 0. The van der Waals surface area contributed by atoms with Gasteiger partial charge in [-0.15, -0.1) is 10.2 Å². The van der Waals surface area contributed by atoms with E-state index in [2.05, 4.69) is 25.4 Å². The van der Waals surface area contributed by atoms with Gasteiger partial charge in [0.1, 0.15) is 11.6 Å². The third-order valence-corrected chi connectivity index (χ3v) is 3.31. The Bertz CT molecular complexity index is 340. The highest BCUT2D eigenvalue weighted by atomic mass is 15.3. The van der Waals surface area contributed by atoms with Crippen molar-refractivity contribution in [3.63, 3.8) is 0 Å². The number of hydrogen-bond acceptors (Lipinski definition) is 4. The summed E-state index contributed by atoms with van der Waals surface area (Å²) in [5, 5.41) is 15.4. The molecule has 0 bridgehead atoms. The van der Waals surface area contributed by atoms with Crippen molar-refractivity contribution in [2.45, 2.75) is 31.8 Å². The first-order chi connectivity index (χ1) is 7.45. The number of nitrogens with one attached hydrogen (secondary N) is 2. The molecular weight excluding hydrogens is 190 g/mol. The number of hydrogen-bond donors (Lipinski definition) is 2. The summed E-state index contributed by atoms with van der Waals surface area (Å²) in [5.41, 5.74) is 0. The molecule has 0 saturated carbocycles. The lowest BCUT2D eigenvalue weighted by molar-refractivity contribution is 0.416. The van der Waals surface area contributed by atoms with Gasteiger partial charge in [0.25, 0.3) is 0 Å². The van der Waals surface area contributed by atoms with Crippen LogP contribution in [0.5, 0.6) is 0 Å². The molecule has 15 heavy (non-hydrogen) atoms. The predicted molar refractivity (Wildman–Crippen MR) is 56.6 cm³/mol. The Kier molecular flexibility index (Phi) is 2.42. The summed E-state index contributed by atoms with van der Waals surface area (Å²) in [4.78, 5) is 0. The standard InChI is InChI=1S/C10H17N5/c1-2-8(6-11-3-1)10-14-13-9-7-12-4-5-15(9)10/h8,11-12H,1-7H2. The van der Waals surface area contributed by atoms with E-state index in [1.807, 2.05) is 0 Å². The number of fused-ring (bicyclic) bond motifs is 1. The highest BCUT2D eigenvalue weighted by Gasteiger charge is 2.23. The Labute approximate surface area is 89.3 Å². The average Bonchev–Trinajstić information content (AvgIpc) is 2.74. The summed E-state index contributed by atoms with van der Waals surface area (Å²) < 4.78 is 2.30. The van der Waals surface area contributed by atoms with Crippen LogP contribution in [0.3, 0.4) is 0 Å². The maximum absolute atomic E-state index is 4.35. The minimum atomic E-state index is 0.568. The van der Waals surface area contributed by atoms with Gasteiger partial charge in [0, 0.05) is 25.6 Å². The second-order valence-corrected chi connectivity index (χ2v) is 4.35. The molecule has 0 amide bonds. The van der Waals surface area contributed by atoms with E-state index in [0.29, 0.717) is 5.92 Å². The average molecular weight is 207 g/mol. The van der Waals surface area contributed by atoms with Gasteiger partial charge in [0.15, 0.2) is 0 Å². The van der Waals surface area contributed by atoms with Gasteiger partial charge in [-0.05, 0) is 19.4 Å². The van der Waals surface area contributed by atoms with Crippen molar-refractivity contribution in [2.24, 2.45) is 0 Å². The van der Waals surface area contributed by atoms with Gasteiger partial charge in [-0.1, -0.05) is 0 Å². The Balaban J connectivity index is 1.87. The summed E-state index contributed by atoms with van der Waals surface area (Å²) in [6.07, 6.45) is 2.50. The highest BCUT2D eigenvalue weighted by Crippen LogP contribution is 2.22. The van der Waals surface area contributed by atoms with Crippen LogP contribution < -0.4 is 10.6 Å². The van der Waals surface area contributed by atoms with Gasteiger partial charge in [0.05, 0.1) is 6.54 Å². The molecule has 1 aromatic rings. The zero-order chi connectivity index (χ0) is 10.1. The SMILES string of the molecule is C1CNCC(c2nnc3n2CCNC3)C1. The summed E-state index contributed by atoms with van der Waals surface area (Å²) >= 11 is 0. The molecule has 82 valence electrons. The van der Waals surface area contributed by atoms with Gasteiger partial charge in [-0.3, -0.25) is 0 Å². The molecule has 0 radical (unpaired) electrons. The second-order valence-electron chi connectivity index (χ2n) is 4.35. The Hall–Kier alpha value is -0.940. The summed E-state index contributed by atoms with van der Waals surface area (Å²) in [7, 11) is 0. The van der Waals surface area contributed by atoms with Crippen molar-refractivity contribution in [3.8, 4) is 0 Å². The lowest BCUT2D eigenvalue weighted by Crippen LogP contribution is -2.33. The van der Waals surface area contributed by atoms with Crippen molar-refractivity contribution in [2.75, 3.05) is 19.6 Å². The molecule has 1 aromatic heterocycles. The highest BCUT2D eigenvalue weighted by molar-refractivity contribution is 5.05. The molecular formula is C10H17N5. The Morgan fingerprint density at radius 3 is 3.07 bits per heavy atom. The lowest BCUT2D eigenvalue weighted by Gasteiger charge is -2.24. The van der Waals surface area contributed by atoms with Crippen LogP contribution in [0.4, 0.5) is 0 Å². The van der Waals surface area contributed by atoms with E-state index in [-0.39, 0.29) is 0 Å². The van der Waals surface area contributed by atoms with Crippen LogP contribution in [0.1, 0.15) is 30.4 Å². The topological polar surface area (TPSA) is 54.8 Å². The van der Waals surface area contributed by atoms with E-state index in [4.69, 9.17) is 0 Å². The van der Waals surface area contributed by atoms with E-state index in [0.717, 1.165) is 38.5 Å². The smallest absolute Gasteiger partial charge is 0.147 e. The lowest BCUT2D eigenvalue weighted by atomic mass is 9.99. The fourth-order valence-corrected chi connectivity index (χ4v) is 2.49. The van der Waals surface area contributed by atoms with Gasteiger partial charge >= 0.3 is 0 Å². The largest absolute Gasteiger partial charge is 0.316 e. The number of rotatable bonds is 1. The quantitative estimate of drug-likeness (QED) is 0.672. The molecule has 2 N–H and O–H groups in total. The minimum Gasteiger partial charge on any atom is -0.316 e. The van der Waals surface area contributed by atoms with E-state index in [9.17, 15) is 0 Å². The van der Waals surface area contributed by atoms with Gasteiger partial charge < -0.3 is 15.2 Å². The van der Waals surface area contributed by atoms with Gasteiger partial charge in [-0.2, -0.15) is 0 Å². The number of piperidine rings is 1. The molecule has 1 fully saturated rings. The maximum Gasteiger partial charge on any atom is 0.147 e. The van der Waals surface area contributed by atoms with Crippen LogP contribution >= 0.6 is 0 Å². The van der Waals surface area contributed by atoms with Crippen LogP contribution in [0.2, 0.25) is 0 Å². The van der Waals surface area contributed by atoms with Crippen molar-refractivity contribution in [1.29, 1.82) is 0 Å². The zero-order valence-electron chi connectivity index (χ0n) is 8.87. The molecule has 5 nitrogen and oxygen atoms in total. The fourth-order valence-electron chi connectivity index (χ4n) is 2.49. The first kappa shape index (κ1) is 9.30. The molecule has 5 heteroatoms. The monoisotopic (exact) mass is 207 g/mol. The van der Waals surface area contributed by atoms with E-state index < -0.39 is 0 Å². The second kappa shape index (κ2) is 3.90. The minimum absolute atomic E-state index is 0.568. The maximum atomic E-state index is 4.35. The molecule has 0 spiro atoms. The van der Waals surface area contributed by atoms with Crippen LogP contribution in [0, 0.1) is 0 Å². The molecule has 3 heterocycles. The first-order valence-electron chi connectivity index (χ1n) is 5.78. The zero-order valence-corrected chi connectivity index (χ0v) is 8.87. The Morgan fingerprint density at radius 2 is 2.20 bits per heavy atom. The normalized spacial score (nSPS) is 26.3. The molecule has 3 rings (SSSR count). The van der Waals surface area contributed by atoms with Crippen molar-refractivity contribution >= 4 is 0 Å². The molecule has 1 saturated heterocycles. The van der Waals surface area contributed by atoms with E-state index in [1.165, 1.54) is 18.7 Å². The van der Waals surface area contributed by atoms with Gasteiger partial charge in [0.2, 0.25) is 0 Å². The molecule has 1 atom stereocenters. The number of nitrogens with zero attached hydrogens (tertiary/aromatic N) is 3. The molecule has 2 aliphatic rings. The molecule has 0 aliphatic carbocycles. The van der Waals surface area contributed by atoms with Gasteiger partial charge in [-0.25, -0.2) is 0 Å². The Morgan fingerprint density at radius 1 is 1.20 bits per heavy atom. The number of aromatic nitrogens is 3. The molecule has 0 aromatic carbocycles. The first-order valence-corrected chi connectivity index (χ1v) is 5.78. The predicted octanol–water partition coefficient (Wildman–Crippen LogP) is -0.152. The van der Waals surface area contributed by atoms with Crippen LogP contribution in [0.15, 0.2) is 0 Å². The van der Waals surface area contributed by atoms with E-state index in [1.54, 1.807) is 0 Å². The third kappa shape index (κ3) is 1.66. The molecule has 1 unspecified atom stereocenters.